The zero-order valence-corrected chi connectivity index (χ0v) is 10.4. The third-order valence-electron chi connectivity index (χ3n) is 1.72. The van der Waals surface area contributed by atoms with E-state index in [-0.39, 0.29) is 11.9 Å². The summed E-state index contributed by atoms with van der Waals surface area (Å²) in [6.45, 7) is 1.73. The topological polar surface area (TPSA) is 29.1 Å². The van der Waals surface area contributed by atoms with E-state index >= 15 is 0 Å². The predicted molar refractivity (Wildman–Crippen MR) is 64.9 cm³/mol. The van der Waals surface area contributed by atoms with E-state index in [1.165, 1.54) is 0 Å². The summed E-state index contributed by atoms with van der Waals surface area (Å²) in [5, 5.41) is 3.15. The van der Waals surface area contributed by atoms with Gasteiger partial charge in [-0.3, -0.25) is 4.79 Å². The highest BCUT2D eigenvalue weighted by molar-refractivity contribution is 9.10. The minimum atomic E-state index is -0.296. The van der Waals surface area contributed by atoms with Crippen molar-refractivity contribution < 1.29 is 4.79 Å². The van der Waals surface area contributed by atoms with Gasteiger partial charge in [-0.2, -0.15) is 0 Å². The Morgan fingerprint density at radius 3 is 2.80 bits per heavy atom. The highest BCUT2D eigenvalue weighted by Crippen LogP contribution is 2.19. The van der Waals surface area contributed by atoms with Crippen LogP contribution in [-0.4, -0.2) is 11.9 Å². The molecule has 0 aromatic heterocycles. The molecule has 0 radical (unpaired) electrons. The Morgan fingerprint density at radius 2 is 2.27 bits per heavy atom. The van der Waals surface area contributed by atoms with Gasteiger partial charge in [-0.1, -0.05) is 33.5 Å². The molecule has 0 fully saturated rings. The van der Waals surface area contributed by atoms with Gasteiger partial charge in [0.2, 0.25) is 0 Å². The van der Waals surface area contributed by atoms with Crippen LogP contribution in [0.1, 0.15) is 17.3 Å². The molecule has 15 heavy (non-hydrogen) atoms. The van der Waals surface area contributed by atoms with Gasteiger partial charge < -0.3 is 5.32 Å². The van der Waals surface area contributed by atoms with Gasteiger partial charge in [0.05, 0.1) is 6.04 Å². The monoisotopic (exact) mass is 285 g/mol. The van der Waals surface area contributed by atoms with E-state index in [0.29, 0.717) is 10.6 Å². The maximum absolute atomic E-state index is 11.6. The molecule has 0 saturated heterocycles. The number of hydrogen-bond acceptors (Lipinski definition) is 1. The molecule has 0 bridgehead atoms. The van der Waals surface area contributed by atoms with Gasteiger partial charge in [-0.05, 0) is 25.1 Å². The highest BCUT2D eigenvalue weighted by Gasteiger charge is 2.09. The molecule has 1 unspecified atom stereocenters. The van der Waals surface area contributed by atoms with Gasteiger partial charge in [0, 0.05) is 15.1 Å². The van der Waals surface area contributed by atoms with E-state index in [2.05, 4.69) is 27.2 Å². The molecule has 0 saturated carbocycles. The second kappa shape index (κ2) is 5.20. The lowest BCUT2D eigenvalue weighted by Gasteiger charge is -2.08. The first-order chi connectivity index (χ1) is 7.02. The van der Waals surface area contributed by atoms with Gasteiger partial charge >= 0.3 is 0 Å². The van der Waals surface area contributed by atoms with Crippen molar-refractivity contribution in [3.05, 3.63) is 33.3 Å². The molecular formula is C11H9BrClNO. The fourth-order valence-electron chi connectivity index (χ4n) is 1.01. The molecule has 0 aliphatic rings. The Hall–Kier alpha value is -0.980. The van der Waals surface area contributed by atoms with Crippen LogP contribution in [0.2, 0.25) is 5.02 Å². The normalized spacial score (nSPS) is 11.6. The SMILES string of the molecule is C#CC(C)NC(=O)c1cc(Cl)cc(Br)c1. The summed E-state index contributed by atoms with van der Waals surface area (Å²) >= 11 is 9.07. The summed E-state index contributed by atoms with van der Waals surface area (Å²) in [7, 11) is 0. The molecular weight excluding hydrogens is 277 g/mol. The second-order valence-corrected chi connectivity index (χ2v) is 4.37. The van der Waals surface area contributed by atoms with Crippen LogP contribution < -0.4 is 5.32 Å². The van der Waals surface area contributed by atoms with Gasteiger partial charge in [0.1, 0.15) is 0 Å². The van der Waals surface area contributed by atoms with Crippen molar-refractivity contribution in [3.8, 4) is 12.3 Å². The lowest BCUT2D eigenvalue weighted by atomic mass is 10.2. The molecule has 78 valence electrons. The first kappa shape index (κ1) is 12.1. The number of amides is 1. The van der Waals surface area contributed by atoms with Gasteiger partial charge in [-0.15, -0.1) is 6.42 Å². The van der Waals surface area contributed by atoms with Crippen LogP contribution in [0.3, 0.4) is 0 Å². The van der Waals surface area contributed by atoms with Gasteiger partial charge in [0.15, 0.2) is 0 Å². The van der Waals surface area contributed by atoms with Crippen molar-refractivity contribution in [2.24, 2.45) is 0 Å². The van der Waals surface area contributed by atoms with Crippen molar-refractivity contribution >= 4 is 33.4 Å². The van der Waals surface area contributed by atoms with Crippen LogP contribution in [0.4, 0.5) is 0 Å². The lowest BCUT2D eigenvalue weighted by Crippen LogP contribution is -2.31. The van der Waals surface area contributed by atoms with E-state index < -0.39 is 0 Å². The molecule has 2 nitrogen and oxygen atoms in total. The number of halogens is 2. The van der Waals surface area contributed by atoms with Crippen molar-refractivity contribution in [1.82, 2.24) is 5.32 Å². The molecule has 0 spiro atoms. The fourth-order valence-corrected chi connectivity index (χ4v) is 1.87. The Bertz CT molecular complexity index is 405. The average molecular weight is 287 g/mol. The van der Waals surface area contributed by atoms with Crippen LogP contribution in [0.15, 0.2) is 22.7 Å². The first-order valence-corrected chi connectivity index (χ1v) is 5.43. The third kappa shape index (κ3) is 3.58. The van der Waals surface area contributed by atoms with E-state index in [1.807, 2.05) is 0 Å². The summed E-state index contributed by atoms with van der Waals surface area (Å²) in [6.07, 6.45) is 5.16. The predicted octanol–water partition coefficient (Wildman–Crippen LogP) is 2.85. The van der Waals surface area contributed by atoms with E-state index in [1.54, 1.807) is 25.1 Å². The van der Waals surface area contributed by atoms with Gasteiger partial charge in [0.25, 0.3) is 5.91 Å². The largest absolute Gasteiger partial charge is 0.339 e. The third-order valence-corrected chi connectivity index (χ3v) is 2.40. The van der Waals surface area contributed by atoms with Crippen molar-refractivity contribution in [1.29, 1.82) is 0 Å². The molecule has 4 heteroatoms. The highest BCUT2D eigenvalue weighted by atomic mass is 79.9. The molecule has 1 aromatic rings. The van der Waals surface area contributed by atoms with Crippen LogP contribution in [-0.2, 0) is 0 Å². The zero-order chi connectivity index (χ0) is 11.4. The molecule has 1 aromatic carbocycles. The smallest absolute Gasteiger partial charge is 0.252 e. The van der Waals surface area contributed by atoms with E-state index in [0.717, 1.165) is 4.47 Å². The fraction of sp³-hybridized carbons (Fsp3) is 0.182. The quantitative estimate of drug-likeness (QED) is 0.832. The lowest BCUT2D eigenvalue weighted by molar-refractivity contribution is 0.0948. The van der Waals surface area contributed by atoms with E-state index in [9.17, 15) is 4.79 Å². The minimum Gasteiger partial charge on any atom is -0.339 e. The number of hydrogen-bond donors (Lipinski definition) is 1. The number of terminal acetylenes is 1. The summed E-state index contributed by atoms with van der Waals surface area (Å²) in [6, 6.07) is 4.69. The number of rotatable bonds is 2. The van der Waals surface area contributed by atoms with Crippen LogP contribution in [0.25, 0.3) is 0 Å². The molecule has 1 rings (SSSR count). The van der Waals surface area contributed by atoms with Crippen molar-refractivity contribution in [2.45, 2.75) is 13.0 Å². The maximum Gasteiger partial charge on any atom is 0.252 e. The van der Waals surface area contributed by atoms with Crippen LogP contribution in [0, 0.1) is 12.3 Å². The second-order valence-electron chi connectivity index (χ2n) is 3.02. The molecule has 0 aliphatic heterocycles. The van der Waals surface area contributed by atoms with Crippen LogP contribution >= 0.6 is 27.5 Å². The summed E-state index contributed by atoms with van der Waals surface area (Å²) in [5.41, 5.74) is 0.483. The number of nitrogens with one attached hydrogen (secondary N) is 1. The van der Waals surface area contributed by atoms with Crippen molar-refractivity contribution in [3.63, 3.8) is 0 Å². The molecule has 1 N–H and O–H groups in total. The number of carbonyl (C=O) groups is 1. The zero-order valence-electron chi connectivity index (χ0n) is 8.05. The Balaban J connectivity index is 2.88. The summed E-state index contributed by atoms with van der Waals surface area (Å²) in [5.74, 6) is 2.19. The Morgan fingerprint density at radius 1 is 1.60 bits per heavy atom. The van der Waals surface area contributed by atoms with E-state index in [4.69, 9.17) is 18.0 Å². The molecule has 0 aliphatic carbocycles. The maximum atomic E-state index is 11.6. The number of benzene rings is 1. The summed E-state index contributed by atoms with van der Waals surface area (Å²) in [4.78, 5) is 11.6. The first-order valence-electron chi connectivity index (χ1n) is 4.26. The summed E-state index contributed by atoms with van der Waals surface area (Å²) < 4.78 is 0.758. The number of carbonyl (C=O) groups excluding carboxylic acids is 1. The minimum absolute atomic E-state index is 0.233. The molecule has 0 heterocycles. The standard InChI is InChI=1S/C11H9BrClNO/c1-3-7(2)14-11(15)8-4-9(12)6-10(13)5-8/h1,4-7H,2H3,(H,14,15). The molecule has 1 amide bonds. The average Bonchev–Trinajstić information content (AvgIpc) is 2.16. The Kier molecular flexibility index (Phi) is 4.19. The molecule has 1 atom stereocenters. The van der Waals surface area contributed by atoms with Gasteiger partial charge in [-0.25, -0.2) is 0 Å². The van der Waals surface area contributed by atoms with Crippen LogP contribution in [0.5, 0.6) is 0 Å². The van der Waals surface area contributed by atoms with Crippen molar-refractivity contribution in [2.75, 3.05) is 0 Å². The Labute approximate surface area is 102 Å².